The van der Waals surface area contributed by atoms with Crippen molar-refractivity contribution in [3.8, 4) is 11.8 Å². The molecule has 1 atom stereocenters. The summed E-state index contributed by atoms with van der Waals surface area (Å²) in [7, 11) is 2.03. The summed E-state index contributed by atoms with van der Waals surface area (Å²) in [4.78, 5) is 15.3. The summed E-state index contributed by atoms with van der Waals surface area (Å²) in [5.41, 5.74) is 0. The van der Waals surface area contributed by atoms with Gasteiger partial charge in [0.25, 0.3) is 0 Å². The second kappa shape index (κ2) is 6.04. The number of hydrogen-bond donors (Lipinski definition) is 0. The zero-order chi connectivity index (χ0) is 12.1. The first-order valence-corrected chi connectivity index (χ1v) is 6.33. The fourth-order valence-electron chi connectivity index (χ4n) is 2.21. The molecule has 2 saturated heterocycles. The lowest BCUT2D eigenvalue weighted by Crippen LogP contribution is -2.31. The van der Waals surface area contributed by atoms with Crippen LogP contribution in [0.5, 0.6) is 0 Å². The van der Waals surface area contributed by atoms with Crippen molar-refractivity contribution in [2.45, 2.75) is 31.9 Å². The van der Waals surface area contributed by atoms with Crippen LogP contribution in [0, 0.1) is 11.8 Å². The van der Waals surface area contributed by atoms with E-state index in [4.69, 9.17) is 4.74 Å². The Hall–Kier alpha value is -1.05. The van der Waals surface area contributed by atoms with Crippen LogP contribution in [-0.4, -0.2) is 55.2 Å². The van der Waals surface area contributed by atoms with Gasteiger partial charge < -0.3 is 9.64 Å². The molecule has 4 nitrogen and oxygen atoms in total. The van der Waals surface area contributed by atoms with Crippen LogP contribution < -0.4 is 0 Å². The van der Waals surface area contributed by atoms with Gasteiger partial charge in [0.1, 0.15) is 6.23 Å². The van der Waals surface area contributed by atoms with Gasteiger partial charge in [-0.05, 0) is 26.3 Å². The second-order valence-corrected chi connectivity index (χ2v) is 4.66. The molecule has 0 radical (unpaired) electrons. The number of carbonyl (C=O) groups excluding carboxylic acids is 1. The van der Waals surface area contributed by atoms with Crippen molar-refractivity contribution in [3.63, 3.8) is 0 Å². The fraction of sp³-hybridized carbons (Fsp3) is 0.769. The minimum absolute atomic E-state index is 0.234. The van der Waals surface area contributed by atoms with E-state index in [0.29, 0.717) is 19.5 Å². The van der Waals surface area contributed by atoms with Crippen molar-refractivity contribution in [3.05, 3.63) is 0 Å². The van der Waals surface area contributed by atoms with Crippen molar-refractivity contribution in [2.24, 2.45) is 0 Å². The van der Waals surface area contributed by atoms with Gasteiger partial charge in [0.2, 0.25) is 5.91 Å². The quantitative estimate of drug-likeness (QED) is 0.676. The van der Waals surface area contributed by atoms with Gasteiger partial charge in [-0.25, -0.2) is 0 Å². The predicted octanol–water partition coefficient (Wildman–Crippen LogP) is 0.680. The maximum Gasteiger partial charge on any atom is 0.223 e. The van der Waals surface area contributed by atoms with Crippen LogP contribution in [0.2, 0.25) is 0 Å². The van der Waals surface area contributed by atoms with E-state index < -0.39 is 0 Å². The van der Waals surface area contributed by atoms with E-state index in [1.54, 1.807) is 0 Å². The molecule has 0 N–H and O–H groups in total. The first kappa shape index (κ1) is 12.4. The van der Waals surface area contributed by atoms with E-state index in [1.165, 1.54) is 0 Å². The van der Waals surface area contributed by atoms with Gasteiger partial charge in [0.15, 0.2) is 0 Å². The largest absolute Gasteiger partial charge is 0.363 e. The molecule has 2 heterocycles. The highest BCUT2D eigenvalue weighted by Crippen LogP contribution is 2.14. The van der Waals surface area contributed by atoms with Gasteiger partial charge >= 0.3 is 0 Å². The fourth-order valence-corrected chi connectivity index (χ4v) is 2.21. The minimum Gasteiger partial charge on any atom is -0.363 e. The zero-order valence-electron chi connectivity index (χ0n) is 10.4. The van der Waals surface area contributed by atoms with Crippen molar-refractivity contribution < 1.29 is 9.53 Å². The summed E-state index contributed by atoms with van der Waals surface area (Å²) in [5, 5.41) is 0. The summed E-state index contributed by atoms with van der Waals surface area (Å²) in [6.07, 6.45) is 4.15. The molecule has 0 aromatic heterocycles. The average molecular weight is 236 g/mol. The highest BCUT2D eigenvalue weighted by molar-refractivity contribution is 5.78. The molecule has 0 aliphatic carbocycles. The van der Waals surface area contributed by atoms with E-state index in [9.17, 15) is 4.79 Å². The van der Waals surface area contributed by atoms with E-state index in [-0.39, 0.29) is 12.1 Å². The topological polar surface area (TPSA) is 32.8 Å². The molecule has 2 fully saturated rings. The first-order chi connectivity index (χ1) is 8.27. The molecule has 17 heavy (non-hydrogen) atoms. The van der Waals surface area contributed by atoms with Crippen LogP contribution in [0.1, 0.15) is 25.7 Å². The number of rotatable bonds is 3. The molecule has 0 aromatic carbocycles. The van der Waals surface area contributed by atoms with Crippen molar-refractivity contribution in [1.82, 2.24) is 9.80 Å². The monoisotopic (exact) mass is 236 g/mol. The van der Waals surface area contributed by atoms with E-state index in [0.717, 1.165) is 32.4 Å². The molecule has 2 aliphatic rings. The van der Waals surface area contributed by atoms with Gasteiger partial charge in [0.05, 0.1) is 13.1 Å². The third-order valence-corrected chi connectivity index (χ3v) is 3.29. The van der Waals surface area contributed by atoms with Crippen molar-refractivity contribution in [2.75, 3.05) is 33.3 Å². The number of carbonyl (C=O) groups is 1. The third-order valence-electron chi connectivity index (χ3n) is 3.29. The highest BCUT2D eigenvalue weighted by atomic mass is 16.5. The Balaban J connectivity index is 1.68. The van der Waals surface area contributed by atoms with Crippen LogP contribution in [0.15, 0.2) is 0 Å². The summed E-state index contributed by atoms with van der Waals surface area (Å²) >= 11 is 0. The molecule has 0 aromatic rings. The number of nitrogens with zero attached hydrogens (tertiary/aromatic N) is 2. The molecule has 1 unspecified atom stereocenters. The Morgan fingerprint density at radius 3 is 3.00 bits per heavy atom. The second-order valence-electron chi connectivity index (χ2n) is 4.66. The van der Waals surface area contributed by atoms with Crippen LogP contribution in [0.3, 0.4) is 0 Å². The summed E-state index contributed by atoms with van der Waals surface area (Å²) in [5.74, 6) is 6.42. The Morgan fingerprint density at radius 2 is 2.35 bits per heavy atom. The lowest BCUT2D eigenvalue weighted by atomic mass is 10.3. The van der Waals surface area contributed by atoms with Crippen LogP contribution in [0.25, 0.3) is 0 Å². The first-order valence-electron chi connectivity index (χ1n) is 6.33. The Morgan fingerprint density at radius 1 is 1.47 bits per heavy atom. The molecule has 94 valence electrons. The molecule has 0 saturated carbocycles. The van der Waals surface area contributed by atoms with Gasteiger partial charge in [-0.1, -0.05) is 11.8 Å². The lowest BCUT2D eigenvalue weighted by molar-refractivity contribution is -0.127. The summed E-state index contributed by atoms with van der Waals surface area (Å²) in [6.45, 7) is 3.03. The number of hydrogen-bond acceptors (Lipinski definition) is 3. The molecular formula is C13H20N2O2. The minimum atomic E-state index is 0.234. The molecule has 1 amide bonds. The van der Waals surface area contributed by atoms with Crippen LogP contribution in [-0.2, 0) is 9.53 Å². The maximum absolute atomic E-state index is 11.3. The average Bonchev–Trinajstić information content (AvgIpc) is 2.96. The van der Waals surface area contributed by atoms with Crippen molar-refractivity contribution in [1.29, 1.82) is 0 Å². The maximum atomic E-state index is 11.3. The Labute approximate surface area is 103 Å². The van der Waals surface area contributed by atoms with Gasteiger partial charge in [0, 0.05) is 19.6 Å². The van der Waals surface area contributed by atoms with E-state index in [2.05, 4.69) is 16.7 Å². The summed E-state index contributed by atoms with van der Waals surface area (Å²) in [6, 6.07) is 0. The Bertz CT molecular complexity index is 326. The molecule has 0 spiro atoms. The molecular weight excluding hydrogens is 216 g/mol. The third kappa shape index (κ3) is 3.45. The predicted molar refractivity (Wildman–Crippen MR) is 65.2 cm³/mol. The van der Waals surface area contributed by atoms with Crippen molar-refractivity contribution >= 4 is 5.91 Å². The van der Waals surface area contributed by atoms with E-state index >= 15 is 0 Å². The molecule has 2 rings (SSSR count). The van der Waals surface area contributed by atoms with Gasteiger partial charge in [-0.2, -0.15) is 0 Å². The smallest absolute Gasteiger partial charge is 0.223 e. The SMILES string of the molecule is CN(CC#CCN1CCCC1=O)C1CCCO1. The van der Waals surface area contributed by atoms with Gasteiger partial charge in [-0.3, -0.25) is 9.69 Å². The molecule has 4 heteroatoms. The van der Waals surface area contributed by atoms with E-state index in [1.807, 2.05) is 11.9 Å². The number of amides is 1. The Kier molecular flexibility index (Phi) is 4.41. The summed E-state index contributed by atoms with van der Waals surface area (Å²) < 4.78 is 5.56. The normalized spacial score (nSPS) is 24.2. The lowest BCUT2D eigenvalue weighted by Gasteiger charge is -2.20. The van der Waals surface area contributed by atoms with Gasteiger partial charge in [-0.15, -0.1) is 0 Å². The number of ether oxygens (including phenoxy) is 1. The van der Waals surface area contributed by atoms with Crippen LogP contribution >= 0.6 is 0 Å². The standard InChI is InChI=1S/C13H20N2O2/c1-14(13-7-5-11-17-13)8-2-3-9-15-10-4-6-12(15)16/h13H,4-11H2,1H3. The highest BCUT2D eigenvalue weighted by Gasteiger charge is 2.19. The zero-order valence-corrected chi connectivity index (χ0v) is 10.4. The number of likely N-dealkylation sites (tertiary alicyclic amines) is 1. The molecule has 2 aliphatic heterocycles. The molecule has 0 bridgehead atoms. The van der Waals surface area contributed by atoms with Crippen LogP contribution in [0.4, 0.5) is 0 Å².